The number of amides is 2. The number of methoxy groups -OCH3 is 1. The molecule has 0 saturated carbocycles. The van der Waals surface area contributed by atoms with Crippen molar-refractivity contribution in [1.82, 2.24) is 10.2 Å². The lowest BCUT2D eigenvalue weighted by Gasteiger charge is -2.36. The lowest BCUT2D eigenvalue weighted by molar-refractivity contribution is -0.143. The first kappa shape index (κ1) is 18.3. The summed E-state index contributed by atoms with van der Waals surface area (Å²) in [5.74, 6) is 0.599. The van der Waals surface area contributed by atoms with Crippen LogP contribution in [0.3, 0.4) is 0 Å². The summed E-state index contributed by atoms with van der Waals surface area (Å²) in [6.45, 7) is 6.55. The van der Waals surface area contributed by atoms with Gasteiger partial charge in [-0.15, -0.1) is 0 Å². The monoisotopic (exact) mass is 334 g/mol. The highest BCUT2D eigenvalue weighted by molar-refractivity contribution is 5.79. The van der Waals surface area contributed by atoms with Gasteiger partial charge in [-0.05, 0) is 31.5 Å². The molecule has 1 saturated heterocycles. The number of carbonyl (C=O) groups is 2. The molecule has 1 aliphatic rings. The molecule has 0 aromatic heterocycles. The summed E-state index contributed by atoms with van der Waals surface area (Å²) >= 11 is 0. The SMILES string of the molecule is COc1ccc([C@@H](CC(=O)N2C[C@@H](C)O[C@@H](C)C2)NC(C)=O)cc1. The van der Waals surface area contributed by atoms with E-state index in [0.29, 0.717) is 13.1 Å². The van der Waals surface area contributed by atoms with Crippen molar-refractivity contribution in [2.75, 3.05) is 20.2 Å². The van der Waals surface area contributed by atoms with Crippen LogP contribution in [-0.2, 0) is 14.3 Å². The molecule has 0 spiro atoms. The Bertz CT molecular complexity index is 563. The van der Waals surface area contributed by atoms with E-state index in [2.05, 4.69) is 5.32 Å². The minimum atomic E-state index is -0.352. The van der Waals surface area contributed by atoms with Crippen LogP contribution in [0.5, 0.6) is 5.75 Å². The van der Waals surface area contributed by atoms with Gasteiger partial charge in [-0.3, -0.25) is 9.59 Å². The highest BCUT2D eigenvalue weighted by Gasteiger charge is 2.28. The van der Waals surface area contributed by atoms with Crippen LogP contribution >= 0.6 is 0 Å². The third-order valence-corrected chi connectivity index (χ3v) is 4.05. The predicted octanol–water partition coefficient (Wildman–Crippen LogP) is 1.90. The molecule has 0 bridgehead atoms. The van der Waals surface area contributed by atoms with Crippen molar-refractivity contribution in [2.24, 2.45) is 0 Å². The normalized spacial score (nSPS) is 21.9. The van der Waals surface area contributed by atoms with Gasteiger partial charge in [0, 0.05) is 20.0 Å². The summed E-state index contributed by atoms with van der Waals surface area (Å²) in [5.41, 5.74) is 0.883. The van der Waals surface area contributed by atoms with Gasteiger partial charge < -0.3 is 19.7 Å². The standard InChI is InChI=1S/C18H26N2O4/c1-12-10-20(11-13(2)24-12)18(22)9-17(19-14(3)21)15-5-7-16(23-4)8-6-15/h5-8,12-13,17H,9-11H2,1-4H3,(H,19,21)/t12-,13+,17-/m1/s1. The van der Waals surface area contributed by atoms with Gasteiger partial charge in [0.25, 0.3) is 0 Å². The number of benzene rings is 1. The molecule has 24 heavy (non-hydrogen) atoms. The fraction of sp³-hybridized carbons (Fsp3) is 0.556. The third-order valence-electron chi connectivity index (χ3n) is 4.05. The van der Waals surface area contributed by atoms with Crippen molar-refractivity contribution in [3.8, 4) is 5.75 Å². The van der Waals surface area contributed by atoms with E-state index in [1.807, 2.05) is 43.0 Å². The molecule has 2 rings (SSSR count). The zero-order chi connectivity index (χ0) is 17.7. The van der Waals surface area contributed by atoms with Gasteiger partial charge >= 0.3 is 0 Å². The van der Waals surface area contributed by atoms with E-state index in [1.165, 1.54) is 6.92 Å². The topological polar surface area (TPSA) is 67.9 Å². The van der Waals surface area contributed by atoms with Crippen LogP contribution in [0.25, 0.3) is 0 Å². The molecule has 3 atom stereocenters. The van der Waals surface area contributed by atoms with E-state index in [4.69, 9.17) is 9.47 Å². The zero-order valence-corrected chi connectivity index (χ0v) is 14.7. The first-order valence-corrected chi connectivity index (χ1v) is 8.23. The van der Waals surface area contributed by atoms with E-state index in [1.54, 1.807) is 7.11 Å². The van der Waals surface area contributed by atoms with Crippen LogP contribution in [-0.4, -0.2) is 49.1 Å². The molecule has 132 valence electrons. The lowest BCUT2D eigenvalue weighted by Crippen LogP contribution is -2.49. The largest absolute Gasteiger partial charge is 0.497 e. The van der Waals surface area contributed by atoms with Crippen molar-refractivity contribution in [3.05, 3.63) is 29.8 Å². The minimum Gasteiger partial charge on any atom is -0.497 e. The first-order chi connectivity index (χ1) is 11.4. The van der Waals surface area contributed by atoms with Gasteiger partial charge in [-0.25, -0.2) is 0 Å². The average molecular weight is 334 g/mol. The molecule has 6 nitrogen and oxygen atoms in total. The molecular formula is C18H26N2O4. The maximum Gasteiger partial charge on any atom is 0.225 e. The minimum absolute atomic E-state index is 0.0200. The summed E-state index contributed by atoms with van der Waals surface area (Å²) in [6.07, 6.45) is 0.279. The van der Waals surface area contributed by atoms with E-state index >= 15 is 0 Å². The van der Waals surface area contributed by atoms with Crippen LogP contribution in [0.15, 0.2) is 24.3 Å². The summed E-state index contributed by atoms with van der Waals surface area (Å²) in [4.78, 5) is 26.0. The average Bonchev–Trinajstić information content (AvgIpc) is 2.53. The molecule has 1 aromatic carbocycles. The fourth-order valence-corrected chi connectivity index (χ4v) is 3.02. The Kier molecular flexibility index (Phi) is 6.20. The predicted molar refractivity (Wildman–Crippen MR) is 90.8 cm³/mol. The molecule has 0 aliphatic carbocycles. The number of carbonyl (C=O) groups excluding carboxylic acids is 2. The second-order valence-electron chi connectivity index (χ2n) is 6.29. The lowest BCUT2D eigenvalue weighted by atomic mass is 10.0. The Balaban J connectivity index is 2.09. The molecule has 2 amide bonds. The quantitative estimate of drug-likeness (QED) is 0.893. The van der Waals surface area contributed by atoms with Gasteiger partial charge in [-0.2, -0.15) is 0 Å². The van der Waals surface area contributed by atoms with Crippen LogP contribution in [0, 0.1) is 0 Å². The van der Waals surface area contributed by atoms with E-state index in [-0.39, 0.29) is 36.5 Å². The summed E-state index contributed by atoms with van der Waals surface area (Å²) < 4.78 is 10.8. The number of rotatable bonds is 5. The van der Waals surface area contributed by atoms with Crippen LogP contribution in [0.2, 0.25) is 0 Å². The molecule has 1 aromatic rings. The van der Waals surface area contributed by atoms with Gasteiger partial charge in [0.1, 0.15) is 5.75 Å². The van der Waals surface area contributed by atoms with E-state index in [9.17, 15) is 9.59 Å². The number of ether oxygens (including phenoxy) is 2. The Morgan fingerprint density at radius 2 is 1.83 bits per heavy atom. The van der Waals surface area contributed by atoms with Crippen LogP contribution in [0.1, 0.15) is 38.8 Å². The van der Waals surface area contributed by atoms with Crippen LogP contribution in [0.4, 0.5) is 0 Å². The van der Waals surface area contributed by atoms with Gasteiger partial charge in [0.2, 0.25) is 11.8 Å². The Morgan fingerprint density at radius 3 is 2.33 bits per heavy atom. The van der Waals surface area contributed by atoms with Crippen molar-refractivity contribution in [2.45, 2.75) is 45.4 Å². The Morgan fingerprint density at radius 1 is 1.25 bits per heavy atom. The Labute approximate surface area is 143 Å². The Hall–Kier alpha value is -2.08. The second-order valence-corrected chi connectivity index (χ2v) is 6.29. The summed E-state index contributed by atoms with van der Waals surface area (Å²) in [7, 11) is 1.60. The number of nitrogens with zero attached hydrogens (tertiary/aromatic N) is 1. The van der Waals surface area contributed by atoms with Crippen molar-refractivity contribution < 1.29 is 19.1 Å². The van der Waals surface area contributed by atoms with E-state index in [0.717, 1.165) is 11.3 Å². The van der Waals surface area contributed by atoms with Gasteiger partial charge in [-0.1, -0.05) is 12.1 Å². The molecule has 1 aliphatic heterocycles. The summed E-state index contributed by atoms with van der Waals surface area (Å²) in [6, 6.07) is 7.05. The smallest absolute Gasteiger partial charge is 0.225 e. The van der Waals surface area contributed by atoms with Crippen molar-refractivity contribution in [1.29, 1.82) is 0 Å². The third kappa shape index (κ3) is 4.96. The fourth-order valence-electron chi connectivity index (χ4n) is 3.02. The van der Waals surface area contributed by atoms with Gasteiger partial charge in [0.15, 0.2) is 0 Å². The first-order valence-electron chi connectivity index (χ1n) is 8.23. The van der Waals surface area contributed by atoms with E-state index < -0.39 is 0 Å². The molecule has 1 N–H and O–H groups in total. The molecular weight excluding hydrogens is 308 g/mol. The number of morpholine rings is 1. The summed E-state index contributed by atoms with van der Waals surface area (Å²) in [5, 5.41) is 2.87. The van der Waals surface area contributed by atoms with Gasteiger partial charge in [0.05, 0.1) is 31.8 Å². The van der Waals surface area contributed by atoms with Crippen molar-refractivity contribution >= 4 is 11.8 Å². The molecule has 0 radical (unpaired) electrons. The highest BCUT2D eigenvalue weighted by atomic mass is 16.5. The number of hydrogen-bond acceptors (Lipinski definition) is 4. The molecule has 6 heteroatoms. The number of nitrogens with one attached hydrogen (secondary N) is 1. The number of hydrogen-bond donors (Lipinski definition) is 1. The maximum absolute atomic E-state index is 12.7. The van der Waals surface area contributed by atoms with Crippen molar-refractivity contribution in [3.63, 3.8) is 0 Å². The maximum atomic E-state index is 12.7. The molecule has 1 fully saturated rings. The van der Waals surface area contributed by atoms with Crippen LogP contribution < -0.4 is 10.1 Å². The highest BCUT2D eigenvalue weighted by Crippen LogP contribution is 2.22. The zero-order valence-electron chi connectivity index (χ0n) is 14.7. The molecule has 0 unspecified atom stereocenters. The second kappa shape index (κ2) is 8.15. The molecule has 1 heterocycles.